The number of hydrogen-bond acceptors (Lipinski definition) is 5. The van der Waals surface area contributed by atoms with Crippen LogP contribution in [0.2, 0.25) is 0 Å². The molecule has 33 heavy (non-hydrogen) atoms. The summed E-state index contributed by atoms with van der Waals surface area (Å²) in [6, 6.07) is 14.6. The van der Waals surface area contributed by atoms with Gasteiger partial charge in [-0.1, -0.05) is 12.1 Å². The first-order valence-corrected chi connectivity index (χ1v) is 9.66. The van der Waals surface area contributed by atoms with Gasteiger partial charge in [-0.15, -0.1) is 0 Å². The quantitative estimate of drug-likeness (QED) is 0.226. The average molecular weight is 449 g/mol. The molecule has 0 saturated heterocycles. The van der Waals surface area contributed by atoms with Crippen molar-refractivity contribution in [1.29, 1.82) is 0 Å². The molecule has 1 aromatic heterocycles. The smallest absolute Gasteiger partial charge is 0.318 e. The lowest BCUT2D eigenvalue weighted by atomic mass is 10.1. The Hall–Kier alpha value is -4.73. The van der Waals surface area contributed by atoms with Crippen molar-refractivity contribution in [2.45, 2.75) is 0 Å². The highest BCUT2D eigenvalue weighted by atomic mass is 19.1. The third-order valence-corrected chi connectivity index (χ3v) is 4.84. The van der Waals surface area contributed by atoms with Gasteiger partial charge in [-0.25, -0.2) is 14.6 Å². The number of methoxy groups -OCH3 is 1. The number of nitrogens with one attached hydrogen (secondary N) is 1. The van der Waals surface area contributed by atoms with Crippen LogP contribution in [0.4, 0.5) is 15.8 Å². The van der Waals surface area contributed by atoms with Gasteiger partial charge in [0.25, 0.3) is 4.92 Å². The summed E-state index contributed by atoms with van der Waals surface area (Å²) in [6.45, 7) is 0. The number of hydrogen-bond donors (Lipinski definition) is 3. The summed E-state index contributed by atoms with van der Waals surface area (Å²) < 4.78 is 19.2. The summed E-state index contributed by atoms with van der Waals surface area (Å²) in [5, 5.41) is 22.4. The van der Waals surface area contributed by atoms with E-state index in [9.17, 15) is 19.3 Å². The van der Waals surface area contributed by atoms with Crippen LogP contribution in [-0.4, -0.2) is 38.1 Å². The lowest BCUT2D eigenvalue weighted by Gasteiger charge is -2.10. The number of anilines is 1. The fourth-order valence-electron chi connectivity index (χ4n) is 3.23. The van der Waals surface area contributed by atoms with E-state index >= 15 is 0 Å². The summed E-state index contributed by atoms with van der Waals surface area (Å²) >= 11 is 0. The van der Waals surface area contributed by atoms with E-state index in [0.717, 1.165) is 4.73 Å². The van der Waals surface area contributed by atoms with E-state index in [2.05, 4.69) is 10.3 Å². The second kappa shape index (κ2) is 8.79. The van der Waals surface area contributed by atoms with Crippen LogP contribution in [0.25, 0.3) is 28.5 Å². The van der Waals surface area contributed by atoms with E-state index in [0.29, 0.717) is 28.1 Å². The number of imidazole rings is 1. The molecule has 0 aliphatic rings. The number of fused-ring (bicyclic) bond motifs is 1. The summed E-state index contributed by atoms with van der Waals surface area (Å²) in [5.74, 6) is -0.291. The Morgan fingerprint density at radius 1 is 1.15 bits per heavy atom. The molecule has 0 saturated carbocycles. The molecule has 10 heteroatoms. The van der Waals surface area contributed by atoms with Gasteiger partial charge in [-0.05, 0) is 42.0 Å². The van der Waals surface area contributed by atoms with Crippen LogP contribution in [0, 0.1) is 10.7 Å². The van der Waals surface area contributed by atoms with Crippen molar-refractivity contribution in [3.63, 3.8) is 0 Å². The van der Waals surface area contributed by atoms with Gasteiger partial charge >= 0.3 is 5.69 Å². The SMILES string of the molecule is COc1cc(NC(=O)/C=C/c2ccc(F)cc2)ccc1-c1nc2ccc([N+](=O)O)cc2n1O. The molecule has 4 aromatic rings. The van der Waals surface area contributed by atoms with E-state index in [1.807, 2.05) is 0 Å². The zero-order valence-corrected chi connectivity index (χ0v) is 17.3. The fraction of sp³-hybridized carbons (Fsp3) is 0.0435. The molecule has 166 valence electrons. The van der Waals surface area contributed by atoms with Crippen LogP contribution in [0.1, 0.15) is 5.56 Å². The highest BCUT2D eigenvalue weighted by Crippen LogP contribution is 2.34. The molecule has 0 radical (unpaired) electrons. The number of amides is 1. The second-order valence-corrected chi connectivity index (χ2v) is 6.98. The van der Waals surface area contributed by atoms with Gasteiger partial charge in [0.05, 0.1) is 23.1 Å². The van der Waals surface area contributed by atoms with E-state index < -0.39 is 5.91 Å². The number of benzene rings is 3. The average Bonchev–Trinajstić information content (AvgIpc) is 3.14. The molecular weight excluding hydrogens is 431 g/mol. The highest BCUT2D eigenvalue weighted by Gasteiger charge is 2.20. The lowest BCUT2D eigenvalue weighted by molar-refractivity contribution is -0.729. The Bertz CT molecular complexity index is 1400. The maximum atomic E-state index is 13.0. The Labute approximate surface area is 186 Å². The fourth-order valence-corrected chi connectivity index (χ4v) is 3.23. The van der Waals surface area contributed by atoms with Gasteiger partial charge in [-0.3, -0.25) is 4.79 Å². The summed E-state index contributed by atoms with van der Waals surface area (Å²) in [4.78, 5) is 27.4. The van der Waals surface area contributed by atoms with Gasteiger partial charge in [0.15, 0.2) is 5.82 Å². The Kier molecular flexibility index (Phi) is 5.73. The van der Waals surface area contributed by atoms with Gasteiger partial charge < -0.3 is 15.3 Å². The third-order valence-electron chi connectivity index (χ3n) is 4.84. The summed E-state index contributed by atoms with van der Waals surface area (Å²) in [5.41, 5.74) is 2.08. The molecule has 0 aliphatic heterocycles. The maximum absolute atomic E-state index is 13.0. The van der Waals surface area contributed by atoms with Crippen LogP contribution in [0.15, 0.2) is 66.7 Å². The first-order valence-electron chi connectivity index (χ1n) is 9.66. The number of ether oxygens (including phenoxy) is 1. The molecule has 0 aliphatic carbocycles. The highest BCUT2D eigenvalue weighted by molar-refractivity contribution is 6.02. The van der Waals surface area contributed by atoms with Crippen molar-refractivity contribution in [3.8, 4) is 17.1 Å². The molecule has 3 N–H and O–H groups in total. The topological polar surface area (TPSA) is 117 Å². The van der Waals surface area contributed by atoms with Gasteiger partial charge in [-0.2, -0.15) is 4.73 Å². The Morgan fingerprint density at radius 3 is 2.61 bits per heavy atom. The van der Waals surface area contributed by atoms with Crippen molar-refractivity contribution < 1.29 is 29.3 Å². The number of carbonyl (C=O) groups is 1. The van der Waals surface area contributed by atoms with E-state index in [1.165, 1.54) is 43.5 Å². The van der Waals surface area contributed by atoms with Crippen LogP contribution < -0.4 is 10.1 Å². The van der Waals surface area contributed by atoms with Crippen LogP contribution >= 0.6 is 0 Å². The first-order chi connectivity index (χ1) is 15.9. The van der Waals surface area contributed by atoms with Crippen molar-refractivity contribution in [3.05, 3.63) is 83.0 Å². The predicted molar refractivity (Wildman–Crippen MR) is 118 cm³/mol. The number of halogens is 1. The minimum atomic E-state index is -0.401. The Balaban J connectivity index is 1.59. The molecule has 1 heterocycles. The minimum absolute atomic E-state index is 0.0667. The Morgan fingerprint density at radius 2 is 1.91 bits per heavy atom. The molecule has 0 unspecified atom stereocenters. The number of nitrogens with zero attached hydrogens (tertiary/aromatic N) is 3. The second-order valence-electron chi connectivity index (χ2n) is 6.98. The zero-order valence-electron chi connectivity index (χ0n) is 17.3. The van der Waals surface area contributed by atoms with Crippen molar-refractivity contribution >= 4 is 34.4 Å². The molecule has 1 amide bonds. The molecule has 4 rings (SSSR count). The van der Waals surface area contributed by atoms with Crippen LogP contribution in [0.3, 0.4) is 0 Å². The van der Waals surface area contributed by atoms with E-state index in [1.54, 1.807) is 36.4 Å². The van der Waals surface area contributed by atoms with Gasteiger partial charge in [0, 0.05) is 30.0 Å². The largest absolute Gasteiger partial charge is 0.496 e. The molecule has 0 atom stereocenters. The van der Waals surface area contributed by atoms with E-state index in [4.69, 9.17) is 9.94 Å². The molecule has 0 spiro atoms. The minimum Gasteiger partial charge on any atom is -0.496 e. The van der Waals surface area contributed by atoms with Crippen LogP contribution in [-0.2, 0) is 4.79 Å². The molecule has 9 nitrogen and oxygen atoms in total. The van der Waals surface area contributed by atoms with Crippen molar-refractivity contribution in [1.82, 2.24) is 9.71 Å². The maximum Gasteiger partial charge on any atom is 0.318 e. The number of rotatable bonds is 6. The zero-order chi connectivity index (χ0) is 23.5. The van der Waals surface area contributed by atoms with Gasteiger partial charge in [0.1, 0.15) is 17.1 Å². The third kappa shape index (κ3) is 4.49. The summed E-state index contributed by atoms with van der Waals surface area (Å²) in [7, 11) is 1.43. The summed E-state index contributed by atoms with van der Waals surface area (Å²) in [6.07, 6.45) is 2.87. The normalized spacial score (nSPS) is 11.1. The van der Waals surface area contributed by atoms with Crippen LogP contribution in [0.5, 0.6) is 5.75 Å². The molecule has 0 bridgehead atoms. The predicted octanol–water partition coefficient (Wildman–Crippen LogP) is 4.54. The number of carbonyl (C=O) groups excluding carboxylic acids is 1. The number of aromatic nitrogens is 2. The van der Waals surface area contributed by atoms with Crippen molar-refractivity contribution in [2.75, 3.05) is 12.4 Å². The lowest BCUT2D eigenvalue weighted by Crippen LogP contribution is -2.08. The monoisotopic (exact) mass is 449 g/mol. The van der Waals surface area contributed by atoms with E-state index in [-0.39, 0.29) is 27.8 Å². The standard InChI is InChI=1S/C23H17FN4O5/c1-33-21-12-16(25-22(29)11-4-14-2-5-15(24)6-3-14)7-9-18(21)23-26-19-10-8-17(28(31)32)13-20(19)27(23)30/h2-13,30H,1H3,(H-,25,26,29,31,32)/p+1/b11-4+. The van der Waals surface area contributed by atoms with Crippen molar-refractivity contribution in [2.24, 2.45) is 0 Å². The van der Waals surface area contributed by atoms with Gasteiger partial charge in [0.2, 0.25) is 5.91 Å². The molecule has 0 fully saturated rings. The molecule has 3 aromatic carbocycles. The first kappa shape index (κ1) is 21.5. The molecular formula is C23H18FN4O5+.